The maximum Gasteiger partial charge on any atom is 0.240 e. The molecule has 0 bridgehead atoms. The number of hydrogen-bond acceptors (Lipinski definition) is 6. The molecule has 2 heterocycles. The average molecular weight is 398 g/mol. The van der Waals surface area contributed by atoms with Gasteiger partial charge in [0.1, 0.15) is 17.4 Å². The van der Waals surface area contributed by atoms with Gasteiger partial charge in [0.15, 0.2) is 0 Å². The summed E-state index contributed by atoms with van der Waals surface area (Å²) in [5.41, 5.74) is 2.73. The van der Waals surface area contributed by atoms with Crippen LogP contribution < -0.4 is 14.4 Å². The Morgan fingerprint density at radius 1 is 1.18 bits per heavy atom. The Bertz CT molecular complexity index is 1160. The summed E-state index contributed by atoms with van der Waals surface area (Å²) in [4.78, 5) is 11.8. The summed E-state index contributed by atoms with van der Waals surface area (Å²) in [5, 5.41) is 0.924. The fourth-order valence-electron chi connectivity index (χ4n) is 3.69. The lowest BCUT2D eigenvalue weighted by molar-refractivity contribution is 0.415. The molecule has 0 saturated heterocycles. The molecule has 1 aromatic heterocycles. The molecular weight excluding hydrogens is 376 g/mol. The number of anilines is 1. The van der Waals surface area contributed by atoms with Gasteiger partial charge in [-0.3, -0.25) is 0 Å². The first-order chi connectivity index (χ1) is 13.4. The van der Waals surface area contributed by atoms with Gasteiger partial charge in [0.25, 0.3) is 0 Å². The topological polar surface area (TPSA) is 84.4 Å². The largest absolute Gasteiger partial charge is 0.497 e. The number of hydrogen-bond donors (Lipinski definition) is 1. The van der Waals surface area contributed by atoms with E-state index in [0.717, 1.165) is 33.6 Å². The molecule has 2 aromatic carbocycles. The second-order valence-corrected chi connectivity index (χ2v) is 8.61. The van der Waals surface area contributed by atoms with E-state index in [0.29, 0.717) is 30.2 Å². The molecule has 7 nitrogen and oxygen atoms in total. The summed E-state index contributed by atoms with van der Waals surface area (Å²) in [7, 11) is -0.410. The highest BCUT2D eigenvalue weighted by molar-refractivity contribution is 7.89. The minimum atomic E-state index is -3.48. The van der Waals surface area contributed by atoms with E-state index in [1.54, 1.807) is 19.2 Å². The zero-order chi connectivity index (χ0) is 19.9. The van der Waals surface area contributed by atoms with Crippen LogP contribution in [-0.2, 0) is 23.0 Å². The molecule has 0 saturated carbocycles. The Hall–Kier alpha value is -2.71. The van der Waals surface area contributed by atoms with E-state index in [9.17, 15) is 8.42 Å². The van der Waals surface area contributed by atoms with E-state index in [1.165, 1.54) is 7.05 Å². The van der Waals surface area contributed by atoms with Crippen LogP contribution in [-0.4, -0.2) is 39.1 Å². The van der Waals surface area contributed by atoms with E-state index in [2.05, 4.69) is 19.6 Å². The molecule has 0 atom stereocenters. The second kappa shape index (κ2) is 7.03. The first kappa shape index (κ1) is 18.6. The van der Waals surface area contributed by atoms with Crippen molar-refractivity contribution in [2.75, 3.05) is 25.6 Å². The number of nitrogens with zero attached hydrogens (tertiary/aromatic N) is 3. The minimum absolute atomic E-state index is 0.359. The number of methoxy groups -OCH3 is 1. The zero-order valence-corrected chi connectivity index (χ0v) is 16.9. The number of rotatable bonds is 4. The van der Waals surface area contributed by atoms with Crippen LogP contribution in [0.5, 0.6) is 5.75 Å². The molecule has 0 spiro atoms. The fourth-order valence-corrected chi connectivity index (χ4v) is 4.72. The summed E-state index contributed by atoms with van der Waals surface area (Å²) in [6.07, 6.45) is 0.626. The zero-order valence-electron chi connectivity index (χ0n) is 16.1. The summed E-state index contributed by atoms with van der Waals surface area (Å²) in [6.45, 7) is 3.14. The maximum atomic E-state index is 12.4. The number of ether oxygens (including phenoxy) is 1. The van der Waals surface area contributed by atoms with E-state index >= 15 is 0 Å². The quantitative estimate of drug-likeness (QED) is 0.727. The molecule has 146 valence electrons. The molecule has 8 heteroatoms. The third-order valence-electron chi connectivity index (χ3n) is 5.08. The van der Waals surface area contributed by atoms with Crippen molar-refractivity contribution >= 4 is 26.7 Å². The van der Waals surface area contributed by atoms with Gasteiger partial charge in [-0.05, 0) is 55.8 Å². The predicted octanol–water partition coefficient (Wildman–Crippen LogP) is 2.42. The average Bonchev–Trinajstić information content (AvgIpc) is 2.71. The van der Waals surface area contributed by atoms with Gasteiger partial charge in [-0.25, -0.2) is 23.1 Å². The van der Waals surface area contributed by atoms with Gasteiger partial charge in [0.05, 0.1) is 17.5 Å². The molecule has 0 radical (unpaired) electrons. The van der Waals surface area contributed by atoms with Crippen molar-refractivity contribution in [2.45, 2.75) is 24.8 Å². The van der Waals surface area contributed by atoms with Crippen molar-refractivity contribution in [1.82, 2.24) is 14.7 Å². The van der Waals surface area contributed by atoms with Gasteiger partial charge in [0.2, 0.25) is 10.0 Å². The Morgan fingerprint density at radius 3 is 2.75 bits per heavy atom. The van der Waals surface area contributed by atoms with Crippen LogP contribution in [0.15, 0.2) is 41.3 Å². The lowest BCUT2D eigenvalue weighted by atomic mass is 9.99. The van der Waals surface area contributed by atoms with Crippen molar-refractivity contribution in [3.8, 4) is 5.75 Å². The molecule has 1 aliphatic heterocycles. The van der Waals surface area contributed by atoms with Gasteiger partial charge in [-0.15, -0.1) is 0 Å². The van der Waals surface area contributed by atoms with Crippen molar-refractivity contribution in [1.29, 1.82) is 0 Å². The Balaban J connectivity index is 1.79. The van der Waals surface area contributed by atoms with E-state index in [4.69, 9.17) is 4.74 Å². The summed E-state index contributed by atoms with van der Waals surface area (Å²) < 4.78 is 32.5. The number of nitrogens with one attached hydrogen (secondary N) is 1. The molecule has 0 amide bonds. The first-order valence-corrected chi connectivity index (χ1v) is 10.5. The number of benzene rings is 2. The maximum absolute atomic E-state index is 12.4. The number of aromatic nitrogens is 2. The summed E-state index contributed by atoms with van der Waals surface area (Å²) in [6, 6.07) is 11.2. The van der Waals surface area contributed by atoms with Gasteiger partial charge in [0, 0.05) is 18.5 Å². The van der Waals surface area contributed by atoms with Crippen LogP contribution in [0.25, 0.3) is 10.9 Å². The standard InChI is InChI=1S/C20H22N4O3S/c1-13-22-18-8-7-15(27-3)11-17(18)20(23-13)24-10-9-16-14(12-24)5-4-6-19(16)28(25,26)21-2/h4-8,11,21H,9-10,12H2,1-3H3. The lowest BCUT2D eigenvalue weighted by Gasteiger charge is -2.31. The van der Waals surface area contributed by atoms with Gasteiger partial charge in [-0.2, -0.15) is 0 Å². The van der Waals surface area contributed by atoms with Crippen molar-refractivity contribution in [3.05, 3.63) is 53.3 Å². The van der Waals surface area contributed by atoms with Gasteiger partial charge < -0.3 is 9.64 Å². The van der Waals surface area contributed by atoms with Crippen LogP contribution in [0.2, 0.25) is 0 Å². The Morgan fingerprint density at radius 2 is 2.00 bits per heavy atom. The van der Waals surface area contributed by atoms with Crippen LogP contribution in [0.1, 0.15) is 17.0 Å². The van der Waals surface area contributed by atoms with Crippen LogP contribution in [0, 0.1) is 6.92 Å². The molecule has 0 aliphatic carbocycles. The third-order valence-corrected chi connectivity index (χ3v) is 6.57. The van der Waals surface area contributed by atoms with Crippen molar-refractivity contribution < 1.29 is 13.2 Å². The molecule has 28 heavy (non-hydrogen) atoms. The molecule has 3 aromatic rings. The predicted molar refractivity (Wildman–Crippen MR) is 108 cm³/mol. The van der Waals surface area contributed by atoms with Crippen molar-refractivity contribution in [2.24, 2.45) is 0 Å². The highest BCUT2D eigenvalue weighted by Gasteiger charge is 2.25. The molecule has 0 unspecified atom stereocenters. The Kier molecular flexibility index (Phi) is 4.68. The fraction of sp³-hybridized carbons (Fsp3) is 0.300. The minimum Gasteiger partial charge on any atom is -0.497 e. The molecule has 0 fully saturated rings. The normalized spacial score (nSPS) is 14.2. The van der Waals surface area contributed by atoms with Crippen LogP contribution in [0.3, 0.4) is 0 Å². The highest BCUT2D eigenvalue weighted by Crippen LogP contribution is 2.32. The van der Waals surface area contributed by atoms with E-state index < -0.39 is 10.0 Å². The number of fused-ring (bicyclic) bond motifs is 2. The number of sulfonamides is 1. The SMILES string of the molecule is CNS(=O)(=O)c1cccc2c1CCN(c1nc(C)nc3ccc(OC)cc13)C2. The Labute approximate surface area is 164 Å². The summed E-state index contributed by atoms with van der Waals surface area (Å²) >= 11 is 0. The van der Waals surface area contributed by atoms with Gasteiger partial charge >= 0.3 is 0 Å². The van der Waals surface area contributed by atoms with Crippen LogP contribution >= 0.6 is 0 Å². The van der Waals surface area contributed by atoms with E-state index in [-0.39, 0.29) is 0 Å². The molecule has 1 aliphatic rings. The molecular formula is C20H22N4O3S. The second-order valence-electron chi connectivity index (χ2n) is 6.75. The van der Waals surface area contributed by atoms with Gasteiger partial charge in [-0.1, -0.05) is 12.1 Å². The molecule has 1 N–H and O–H groups in total. The monoisotopic (exact) mass is 398 g/mol. The lowest BCUT2D eigenvalue weighted by Crippen LogP contribution is -2.33. The first-order valence-electron chi connectivity index (χ1n) is 9.04. The third kappa shape index (κ3) is 3.18. The smallest absolute Gasteiger partial charge is 0.240 e. The van der Waals surface area contributed by atoms with E-state index in [1.807, 2.05) is 31.2 Å². The number of aryl methyl sites for hydroxylation is 1. The molecule has 4 rings (SSSR count). The highest BCUT2D eigenvalue weighted by atomic mass is 32.2. The summed E-state index contributed by atoms with van der Waals surface area (Å²) in [5.74, 6) is 2.29. The van der Waals surface area contributed by atoms with Crippen molar-refractivity contribution in [3.63, 3.8) is 0 Å². The van der Waals surface area contributed by atoms with Crippen LogP contribution in [0.4, 0.5) is 5.82 Å².